The van der Waals surface area contributed by atoms with Crippen molar-refractivity contribution in [2.45, 2.75) is 24.8 Å². The Morgan fingerprint density at radius 3 is 2.48 bits per heavy atom. The fraction of sp³-hybridized carbons (Fsp3) is 0.273. The number of amides is 2. The quantitative estimate of drug-likeness (QED) is 0.635. The molecule has 0 bridgehead atoms. The summed E-state index contributed by atoms with van der Waals surface area (Å²) in [7, 11) is -2.33. The first-order chi connectivity index (χ1) is 14.7. The molecule has 3 rings (SSSR count). The molecule has 9 heteroatoms. The molecule has 2 aromatic carbocycles. The fourth-order valence-corrected chi connectivity index (χ4v) is 4.60. The number of aryl methyl sites for hydroxylation is 1. The number of urea groups is 1. The van der Waals surface area contributed by atoms with Crippen molar-refractivity contribution in [1.29, 1.82) is 0 Å². The first-order valence-corrected chi connectivity index (χ1v) is 11.3. The Kier molecular flexibility index (Phi) is 6.65. The zero-order valence-electron chi connectivity index (χ0n) is 17.5. The molecule has 0 saturated carbocycles. The molecule has 1 aliphatic heterocycles. The normalized spacial score (nSPS) is 16.4. The summed E-state index contributed by atoms with van der Waals surface area (Å²) < 4.78 is 36.4. The van der Waals surface area contributed by atoms with Crippen LogP contribution in [0.3, 0.4) is 0 Å². The summed E-state index contributed by atoms with van der Waals surface area (Å²) in [4.78, 5) is 25.3. The summed E-state index contributed by atoms with van der Waals surface area (Å²) in [6.45, 7) is 3.60. The SMILES string of the molecule is CCOC(=O)C1=C(CS(=O)(=O)c2ccc(C)cc2)NC(=O)N[C@H]1c1cccc(OC)c1. The number of carbonyl (C=O) groups is 2. The number of hydrogen-bond acceptors (Lipinski definition) is 6. The lowest BCUT2D eigenvalue weighted by atomic mass is 9.95. The van der Waals surface area contributed by atoms with Gasteiger partial charge in [0.05, 0.1) is 36.0 Å². The van der Waals surface area contributed by atoms with Crippen molar-refractivity contribution in [1.82, 2.24) is 10.6 Å². The highest BCUT2D eigenvalue weighted by Gasteiger charge is 2.35. The molecule has 0 unspecified atom stereocenters. The van der Waals surface area contributed by atoms with Crippen LogP contribution in [0.4, 0.5) is 4.79 Å². The first-order valence-electron chi connectivity index (χ1n) is 9.66. The molecule has 0 aromatic heterocycles. The predicted molar refractivity (Wildman–Crippen MR) is 114 cm³/mol. The van der Waals surface area contributed by atoms with Crippen molar-refractivity contribution in [3.63, 3.8) is 0 Å². The van der Waals surface area contributed by atoms with Gasteiger partial charge in [-0.1, -0.05) is 29.8 Å². The maximum absolute atomic E-state index is 13.0. The molecule has 2 N–H and O–H groups in total. The van der Waals surface area contributed by atoms with E-state index in [0.29, 0.717) is 11.3 Å². The third-order valence-electron chi connectivity index (χ3n) is 4.79. The van der Waals surface area contributed by atoms with Crippen molar-refractivity contribution in [2.24, 2.45) is 0 Å². The van der Waals surface area contributed by atoms with Crippen molar-refractivity contribution >= 4 is 21.8 Å². The third-order valence-corrected chi connectivity index (χ3v) is 6.45. The smallest absolute Gasteiger partial charge is 0.338 e. The molecule has 1 aliphatic rings. The highest BCUT2D eigenvalue weighted by molar-refractivity contribution is 7.91. The van der Waals surface area contributed by atoms with E-state index >= 15 is 0 Å². The monoisotopic (exact) mass is 444 g/mol. The van der Waals surface area contributed by atoms with E-state index in [4.69, 9.17) is 9.47 Å². The molecule has 1 atom stereocenters. The van der Waals surface area contributed by atoms with Crippen molar-refractivity contribution in [3.05, 3.63) is 70.9 Å². The van der Waals surface area contributed by atoms with Gasteiger partial charge < -0.3 is 20.1 Å². The van der Waals surface area contributed by atoms with Gasteiger partial charge >= 0.3 is 12.0 Å². The summed E-state index contributed by atoms with van der Waals surface area (Å²) in [5, 5.41) is 5.17. The van der Waals surface area contributed by atoms with Crippen LogP contribution in [-0.2, 0) is 19.4 Å². The number of carbonyl (C=O) groups excluding carboxylic acids is 2. The molecular formula is C22H24N2O6S. The van der Waals surface area contributed by atoms with Crippen molar-refractivity contribution in [3.8, 4) is 5.75 Å². The summed E-state index contributed by atoms with van der Waals surface area (Å²) in [5.74, 6) is -0.739. The molecule has 1 heterocycles. The van der Waals surface area contributed by atoms with E-state index in [9.17, 15) is 18.0 Å². The van der Waals surface area contributed by atoms with E-state index in [1.807, 2.05) is 6.92 Å². The van der Waals surface area contributed by atoms with Gasteiger partial charge in [0.1, 0.15) is 5.75 Å². The lowest BCUT2D eigenvalue weighted by molar-refractivity contribution is -0.139. The second kappa shape index (κ2) is 9.22. The van der Waals surface area contributed by atoms with Gasteiger partial charge in [-0.3, -0.25) is 0 Å². The summed E-state index contributed by atoms with van der Waals surface area (Å²) >= 11 is 0. The third kappa shape index (κ3) is 5.05. The molecule has 31 heavy (non-hydrogen) atoms. The second-order valence-electron chi connectivity index (χ2n) is 6.99. The number of ether oxygens (including phenoxy) is 2. The number of rotatable bonds is 7. The Bertz CT molecular complexity index is 1120. The highest BCUT2D eigenvalue weighted by Crippen LogP contribution is 2.31. The van der Waals surface area contributed by atoms with Crippen LogP contribution >= 0.6 is 0 Å². The van der Waals surface area contributed by atoms with Gasteiger partial charge in [-0.25, -0.2) is 18.0 Å². The van der Waals surface area contributed by atoms with E-state index in [2.05, 4.69) is 10.6 Å². The van der Waals surface area contributed by atoms with Crippen LogP contribution in [-0.4, -0.2) is 39.9 Å². The minimum absolute atomic E-state index is 0.0180. The molecule has 0 spiro atoms. The number of sulfone groups is 1. The van der Waals surface area contributed by atoms with Crippen molar-refractivity contribution < 1.29 is 27.5 Å². The maximum Gasteiger partial charge on any atom is 0.338 e. The van der Waals surface area contributed by atoms with Gasteiger partial charge in [-0.05, 0) is 43.7 Å². The number of benzene rings is 2. The van der Waals surface area contributed by atoms with E-state index in [1.54, 1.807) is 43.3 Å². The van der Waals surface area contributed by atoms with E-state index in [-0.39, 0.29) is 22.8 Å². The van der Waals surface area contributed by atoms with Gasteiger partial charge in [0.2, 0.25) is 0 Å². The summed E-state index contributed by atoms with van der Waals surface area (Å²) in [5.41, 5.74) is 1.49. The average molecular weight is 445 g/mol. The molecule has 8 nitrogen and oxygen atoms in total. The molecule has 2 aromatic rings. The largest absolute Gasteiger partial charge is 0.497 e. The van der Waals surface area contributed by atoms with Crippen molar-refractivity contribution in [2.75, 3.05) is 19.5 Å². The summed E-state index contributed by atoms with van der Waals surface area (Å²) in [6.07, 6.45) is 0. The van der Waals surface area contributed by atoms with Crippen LogP contribution in [0.25, 0.3) is 0 Å². The molecular weight excluding hydrogens is 420 g/mol. The molecule has 164 valence electrons. The van der Waals surface area contributed by atoms with Crippen LogP contribution in [0.2, 0.25) is 0 Å². The maximum atomic E-state index is 13.0. The Labute approximate surface area is 181 Å². The fourth-order valence-electron chi connectivity index (χ4n) is 3.27. The standard InChI is InChI=1S/C22H24N2O6S/c1-4-30-21(25)19-18(13-31(27,28)17-10-8-14(2)9-11-17)23-22(26)24-20(19)15-6-5-7-16(12-15)29-3/h5-12,20H,4,13H2,1-3H3,(H2,23,24,26)/t20-/m0/s1. The number of methoxy groups -OCH3 is 1. The van der Waals surface area contributed by atoms with Gasteiger partial charge in [-0.15, -0.1) is 0 Å². The topological polar surface area (TPSA) is 111 Å². The van der Waals surface area contributed by atoms with E-state index < -0.39 is 33.6 Å². The van der Waals surface area contributed by atoms with Gasteiger partial charge in [-0.2, -0.15) is 0 Å². The second-order valence-corrected chi connectivity index (χ2v) is 8.98. The van der Waals surface area contributed by atoms with Crippen LogP contribution in [0, 0.1) is 6.92 Å². The molecule has 0 saturated heterocycles. The zero-order valence-corrected chi connectivity index (χ0v) is 18.3. The van der Waals surface area contributed by atoms with Crippen LogP contribution in [0.1, 0.15) is 24.1 Å². The Hall–Kier alpha value is -3.33. The van der Waals surface area contributed by atoms with Crippen LogP contribution in [0.5, 0.6) is 5.75 Å². The molecule has 0 aliphatic carbocycles. The highest BCUT2D eigenvalue weighted by atomic mass is 32.2. The number of nitrogens with one attached hydrogen (secondary N) is 2. The minimum Gasteiger partial charge on any atom is -0.497 e. The molecule has 2 amide bonds. The Balaban J connectivity index is 2.10. The minimum atomic E-state index is -3.83. The first kappa shape index (κ1) is 22.4. The molecule has 0 fully saturated rings. The predicted octanol–water partition coefficient (Wildman–Crippen LogP) is 2.65. The van der Waals surface area contributed by atoms with E-state index in [1.165, 1.54) is 19.2 Å². The lowest BCUT2D eigenvalue weighted by Crippen LogP contribution is -2.47. The number of hydrogen-bond donors (Lipinski definition) is 2. The Morgan fingerprint density at radius 1 is 1.13 bits per heavy atom. The van der Waals surface area contributed by atoms with Gasteiger partial charge in [0.25, 0.3) is 0 Å². The average Bonchev–Trinajstić information content (AvgIpc) is 2.73. The Morgan fingerprint density at radius 2 is 1.84 bits per heavy atom. The van der Waals surface area contributed by atoms with Crippen LogP contribution in [0.15, 0.2) is 64.7 Å². The molecule has 0 radical (unpaired) electrons. The van der Waals surface area contributed by atoms with Gasteiger partial charge in [0, 0.05) is 5.70 Å². The summed E-state index contributed by atoms with van der Waals surface area (Å²) in [6, 6.07) is 11.7. The van der Waals surface area contributed by atoms with E-state index in [0.717, 1.165) is 5.56 Å². The number of esters is 1. The van der Waals surface area contributed by atoms with Crippen LogP contribution < -0.4 is 15.4 Å². The zero-order chi connectivity index (χ0) is 22.6. The van der Waals surface area contributed by atoms with Gasteiger partial charge in [0.15, 0.2) is 9.84 Å². The lowest BCUT2D eigenvalue weighted by Gasteiger charge is -2.29.